The molecule has 168 valence electrons. The maximum Gasteiger partial charge on any atom is 0.418 e. The van der Waals surface area contributed by atoms with Crippen LogP contribution in [0.1, 0.15) is 39.5 Å². The summed E-state index contributed by atoms with van der Waals surface area (Å²) in [6, 6.07) is 5.90. The molecule has 0 saturated heterocycles. The van der Waals surface area contributed by atoms with E-state index in [2.05, 4.69) is 4.99 Å². The van der Waals surface area contributed by atoms with Crippen molar-refractivity contribution in [2.75, 3.05) is 13.6 Å². The smallest absolute Gasteiger partial charge is 0.418 e. The van der Waals surface area contributed by atoms with E-state index in [0.717, 1.165) is 24.3 Å². The molecule has 10 heteroatoms. The number of aryl methyl sites for hydroxylation is 1. The van der Waals surface area contributed by atoms with Crippen molar-refractivity contribution in [1.82, 2.24) is 4.90 Å². The van der Waals surface area contributed by atoms with Crippen molar-refractivity contribution < 1.29 is 35.9 Å². The van der Waals surface area contributed by atoms with Crippen molar-refractivity contribution >= 4 is 18.0 Å². The third-order valence-electron chi connectivity index (χ3n) is 4.38. The van der Waals surface area contributed by atoms with E-state index in [1.165, 1.54) is 19.3 Å². The van der Waals surface area contributed by atoms with E-state index in [4.69, 9.17) is 4.74 Å². The highest BCUT2D eigenvalue weighted by molar-refractivity contribution is 5.92. The van der Waals surface area contributed by atoms with Crippen LogP contribution in [0, 0.1) is 6.92 Å². The number of hydrogen-bond donors (Lipinski definition) is 0. The van der Waals surface area contributed by atoms with Crippen molar-refractivity contribution in [3.8, 4) is 0 Å². The molecule has 2 rings (SSSR count). The Morgan fingerprint density at radius 3 is 2.35 bits per heavy atom. The van der Waals surface area contributed by atoms with Crippen molar-refractivity contribution in [3.05, 3.63) is 64.2 Å². The molecule has 0 N–H and O–H groups in total. The lowest BCUT2D eigenvalue weighted by Gasteiger charge is -2.15. The number of carbonyl (C=O) groups excluding carboxylic acids is 1. The zero-order chi connectivity index (χ0) is 23.4. The summed E-state index contributed by atoms with van der Waals surface area (Å²) in [7, 11) is 1.64. The van der Waals surface area contributed by atoms with E-state index in [0.29, 0.717) is 12.6 Å². The molecule has 0 unspecified atom stereocenters. The highest BCUT2D eigenvalue weighted by atomic mass is 19.4. The first-order valence-corrected chi connectivity index (χ1v) is 9.12. The van der Waals surface area contributed by atoms with E-state index >= 15 is 0 Å². The molecule has 0 fully saturated rings. The van der Waals surface area contributed by atoms with Crippen molar-refractivity contribution in [2.45, 2.75) is 32.8 Å². The van der Waals surface area contributed by atoms with Crippen LogP contribution in [0.3, 0.4) is 0 Å². The first-order chi connectivity index (χ1) is 14.3. The molecule has 31 heavy (non-hydrogen) atoms. The van der Waals surface area contributed by atoms with Crippen molar-refractivity contribution in [1.29, 1.82) is 0 Å². The molecule has 2 aromatic rings. The minimum atomic E-state index is -4.78. The second kappa shape index (κ2) is 9.40. The van der Waals surface area contributed by atoms with Crippen LogP contribution in [0.25, 0.3) is 0 Å². The molecule has 0 atom stereocenters. The second-order valence-electron chi connectivity index (χ2n) is 6.77. The Hall–Kier alpha value is -3.04. The summed E-state index contributed by atoms with van der Waals surface area (Å²) in [5.74, 6) is -1.08. The number of halogens is 6. The summed E-state index contributed by atoms with van der Waals surface area (Å²) < 4.78 is 83.8. The van der Waals surface area contributed by atoms with E-state index in [1.54, 1.807) is 18.9 Å². The maximum atomic E-state index is 13.5. The molecular weight excluding hydrogens is 426 g/mol. The lowest BCUT2D eigenvalue weighted by molar-refractivity contribution is -0.138. The van der Waals surface area contributed by atoms with Gasteiger partial charge >= 0.3 is 18.3 Å². The predicted molar refractivity (Wildman–Crippen MR) is 103 cm³/mol. The van der Waals surface area contributed by atoms with E-state index in [1.807, 2.05) is 0 Å². The number of rotatable bonds is 6. The van der Waals surface area contributed by atoms with Crippen molar-refractivity contribution in [3.63, 3.8) is 0 Å². The molecule has 0 aliphatic heterocycles. The molecule has 0 radical (unpaired) electrons. The number of hydrogen-bond acceptors (Lipinski definition) is 3. The minimum Gasteiger partial charge on any atom is -0.457 e. The average molecular weight is 446 g/mol. The topological polar surface area (TPSA) is 41.9 Å². The van der Waals surface area contributed by atoms with Crippen LogP contribution in [0.2, 0.25) is 0 Å². The molecule has 0 spiro atoms. The molecule has 0 heterocycles. The Labute approximate surface area is 175 Å². The van der Waals surface area contributed by atoms with Crippen LogP contribution < -0.4 is 0 Å². The Morgan fingerprint density at radius 2 is 1.77 bits per heavy atom. The number of carbonyl (C=O) groups is 1. The van der Waals surface area contributed by atoms with E-state index < -0.39 is 36.1 Å². The summed E-state index contributed by atoms with van der Waals surface area (Å²) in [5.41, 5.74) is -2.50. The van der Waals surface area contributed by atoms with Gasteiger partial charge in [-0.3, -0.25) is 0 Å². The summed E-state index contributed by atoms with van der Waals surface area (Å²) in [4.78, 5) is 17.8. The summed E-state index contributed by atoms with van der Waals surface area (Å²) in [6.07, 6.45) is -8.10. The Kier molecular flexibility index (Phi) is 7.35. The third-order valence-corrected chi connectivity index (χ3v) is 4.38. The molecule has 0 bridgehead atoms. The molecule has 0 aliphatic rings. The summed E-state index contributed by atoms with van der Waals surface area (Å²) >= 11 is 0. The first kappa shape index (κ1) is 24.2. The van der Waals surface area contributed by atoms with E-state index in [-0.39, 0.29) is 22.4 Å². The van der Waals surface area contributed by atoms with Gasteiger partial charge in [0.25, 0.3) is 0 Å². The van der Waals surface area contributed by atoms with E-state index in [9.17, 15) is 31.1 Å². The monoisotopic (exact) mass is 446 g/mol. The standard InChI is InChI=1S/C21H20F6N2O2/c1-4-29(3)12-28-18-8-13(2)16(10-17(18)21(25,26)27)19(30)31-11-14-6-5-7-15(9-14)20(22,23)24/h5-10,12H,4,11H2,1-3H3. The van der Waals surface area contributed by atoms with Gasteiger partial charge in [0.05, 0.1) is 28.7 Å². The van der Waals surface area contributed by atoms with Gasteiger partial charge in [-0.15, -0.1) is 0 Å². The van der Waals surface area contributed by atoms with Crippen LogP contribution in [-0.2, 0) is 23.7 Å². The average Bonchev–Trinajstić information content (AvgIpc) is 2.68. The van der Waals surface area contributed by atoms with Gasteiger partial charge in [0, 0.05) is 13.6 Å². The van der Waals surface area contributed by atoms with Gasteiger partial charge in [-0.2, -0.15) is 26.3 Å². The molecule has 0 saturated carbocycles. The number of benzene rings is 2. The van der Waals surface area contributed by atoms with Gasteiger partial charge in [0.2, 0.25) is 0 Å². The molecular formula is C21H20F6N2O2. The molecule has 4 nitrogen and oxygen atoms in total. The summed E-state index contributed by atoms with van der Waals surface area (Å²) in [6.45, 7) is 3.23. The van der Waals surface area contributed by atoms with Crippen LogP contribution in [0.4, 0.5) is 32.0 Å². The van der Waals surface area contributed by atoms with Crippen LogP contribution in [0.5, 0.6) is 0 Å². The minimum absolute atomic E-state index is 0.0562. The number of nitrogens with zero attached hydrogens (tertiary/aromatic N) is 2. The van der Waals surface area contributed by atoms with Gasteiger partial charge in [-0.1, -0.05) is 12.1 Å². The highest BCUT2D eigenvalue weighted by Crippen LogP contribution is 2.38. The number of aliphatic imine (C=N–C) groups is 1. The zero-order valence-corrected chi connectivity index (χ0v) is 16.9. The zero-order valence-electron chi connectivity index (χ0n) is 16.9. The highest BCUT2D eigenvalue weighted by Gasteiger charge is 2.35. The Morgan fingerprint density at radius 1 is 1.10 bits per heavy atom. The number of esters is 1. The van der Waals surface area contributed by atoms with Gasteiger partial charge in [0.15, 0.2) is 0 Å². The fraction of sp³-hybridized carbons (Fsp3) is 0.333. The van der Waals surface area contributed by atoms with Crippen LogP contribution in [0.15, 0.2) is 41.4 Å². The molecule has 0 amide bonds. The quantitative estimate of drug-likeness (QED) is 0.237. The van der Waals surface area contributed by atoms with Gasteiger partial charge in [0.1, 0.15) is 6.61 Å². The largest absolute Gasteiger partial charge is 0.457 e. The van der Waals surface area contributed by atoms with Crippen molar-refractivity contribution in [2.24, 2.45) is 4.99 Å². The Balaban J connectivity index is 2.29. The molecule has 2 aromatic carbocycles. The maximum absolute atomic E-state index is 13.5. The lowest BCUT2D eigenvalue weighted by Crippen LogP contribution is -2.15. The molecule has 0 aromatic heterocycles. The molecule has 0 aliphatic carbocycles. The number of ether oxygens (including phenoxy) is 1. The normalized spacial score (nSPS) is 12.3. The van der Waals surface area contributed by atoms with Crippen LogP contribution >= 0.6 is 0 Å². The lowest BCUT2D eigenvalue weighted by atomic mass is 10.0. The van der Waals surface area contributed by atoms with Gasteiger partial charge < -0.3 is 9.64 Å². The first-order valence-electron chi connectivity index (χ1n) is 9.12. The second-order valence-corrected chi connectivity index (χ2v) is 6.77. The third kappa shape index (κ3) is 6.47. The van der Waals surface area contributed by atoms with Crippen LogP contribution in [-0.4, -0.2) is 30.8 Å². The summed E-state index contributed by atoms with van der Waals surface area (Å²) in [5, 5.41) is 0. The number of alkyl halides is 6. The fourth-order valence-electron chi connectivity index (χ4n) is 2.55. The SMILES string of the molecule is CCN(C)C=Nc1cc(C)c(C(=O)OCc2cccc(C(F)(F)F)c2)cc1C(F)(F)F. The fourth-order valence-corrected chi connectivity index (χ4v) is 2.55. The predicted octanol–water partition coefficient (Wildman–Crippen LogP) is 6.00. The Bertz CT molecular complexity index is 967. The van der Waals surface area contributed by atoms with Gasteiger partial charge in [-0.05, 0) is 49.2 Å². The van der Waals surface area contributed by atoms with Gasteiger partial charge in [-0.25, -0.2) is 9.79 Å².